The Morgan fingerprint density at radius 2 is 1.81 bits per heavy atom. The molecular weight excluding hydrogens is 349 g/mol. The summed E-state index contributed by atoms with van der Waals surface area (Å²) in [7, 11) is 0. The number of benzene rings is 1. The van der Waals surface area contributed by atoms with Gasteiger partial charge in [0.25, 0.3) is 0 Å². The molecule has 2 saturated heterocycles. The van der Waals surface area contributed by atoms with E-state index in [1.165, 1.54) is 0 Å². The standard InChI is InChI=1S/C18H23F3N2O3/c19-15-2-1-12(17(20)18(15)21)7-16(25)23-9-13(14(10-23)11-24)8-22-3-5-26-6-4-22/h1-2,13-14,24H,3-11H2/t13-,14-/m0/s1. The normalized spacial score (nSPS) is 24.2. The lowest BCUT2D eigenvalue weighted by molar-refractivity contribution is -0.129. The quantitative estimate of drug-likeness (QED) is 0.785. The second kappa shape index (κ2) is 8.37. The van der Waals surface area contributed by atoms with Crippen LogP contribution in [0, 0.1) is 29.3 Å². The number of aliphatic hydroxyl groups excluding tert-OH is 1. The van der Waals surface area contributed by atoms with Crippen LogP contribution in [0.5, 0.6) is 0 Å². The molecule has 5 nitrogen and oxygen atoms in total. The summed E-state index contributed by atoms with van der Waals surface area (Å²) in [6.45, 7) is 4.58. The van der Waals surface area contributed by atoms with Crippen LogP contribution in [0.15, 0.2) is 12.1 Å². The topological polar surface area (TPSA) is 53.0 Å². The van der Waals surface area contributed by atoms with Gasteiger partial charge in [-0.3, -0.25) is 9.69 Å². The minimum atomic E-state index is -1.56. The second-order valence-corrected chi connectivity index (χ2v) is 6.93. The molecule has 0 aromatic heterocycles. The Kier molecular flexibility index (Phi) is 6.16. The maximum atomic E-state index is 13.8. The zero-order chi connectivity index (χ0) is 18.7. The molecule has 0 aliphatic carbocycles. The Labute approximate surface area is 150 Å². The van der Waals surface area contributed by atoms with Crippen molar-refractivity contribution in [3.8, 4) is 0 Å². The zero-order valence-electron chi connectivity index (χ0n) is 14.5. The number of amides is 1. The molecule has 0 bridgehead atoms. The summed E-state index contributed by atoms with van der Waals surface area (Å²) in [6.07, 6.45) is -0.328. The summed E-state index contributed by atoms with van der Waals surface area (Å²) < 4.78 is 45.5. The number of nitrogens with zero attached hydrogens (tertiary/aromatic N) is 2. The first-order valence-electron chi connectivity index (χ1n) is 8.80. The van der Waals surface area contributed by atoms with Crippen molar-refractivity contribution in [1.29, 1.82) is 0 Å². The van der Waals surface area contributed by atoms with Crippen molar-refractivity contribution >= 4 is 5.91 Å². The molecule has 2 heterocycles. The highest BCUT2D eigenvalue weighted by atomic mass is 19.2. The van der Waals surface area contributed by atoms with Crippen LogP contribution in [0.4, 0.5) is 13.2 Å². The first-order valence-corrected chi connectivity index (χ1v) is 8.80. The lowest BCUT2D eigenvalue weighted by atomic mass is 9.96. The van der Waals surface area contributed by atoms with Gasteiger partial charge >= 0.3 is 0 Å². The first-order chi connectivity index (χ1) is 12.5. The number of carbonyl (C=O) groups excluding carboxylic acids is 1. The lowest BCUT2D eigenvalue weighted by Gasteiger charge is -2.30. The molecule has 26 heavy (non-hydrogen) atoms. The van der Waals surface area contributed by atoms with Gasteiger partial charge in [0.15, 0.2) is 17.5 Å². The summed E-state index contributed by atoms with van der Waals surface area (Å²) in [5, 5.41) is 9.63. The van der Waals surface area contributed by atoms with E-state index in [9.17, 15) is 23.1 Å². The molecule has 1 amide bonds. The molecule has 2 aliphatic heterocycles. The van der Waals surface area contributed by atoms with Gasteiger partial charge in [-0.15, -0.1) is 0 Å². The van der Waals surface area contributed by atoms with Crippen molar-refractivity contribution in [2.24, 2.45) is 11.8 Å². The van der Waals surface area contributed by atoms with Crippen LogP contribution in [0.3, 0.4) is 0 Å². The smallest absolute Gasteiger partial charge is 0.227 e. The zero-order valence-corrected chi connectivity index (χ0v) is 14.5. The number of ether oxygens (including phenoxy) is 1. The van der Waals surface area contributed by atoms with E-state index in [2.05, 4.69) is 4.90 Å². The molecule has 1 N–H and O–H groups in total. The van der Waals surface area contributed by atoms with E-state index in [4.69, 9.17) is 4.74 Å². The van der Waals surface area contributed by atoms with Crippen LogP contribution in [0.1, 0.15) is 5.56 Å². The second-order valence-electron chi connectivity index (χ2n) is 6.93. The fourth-order valence-electron chi connectivity index (χ4n) is 3.65. The van der Waals surface area contributed by atoms with Gasteiger partial charge < -0.3 is 14.7 Å². The summed E-state index contributed by atoms with van der Waals surface area (Å²) >= 11 is 0. The number of carbonyl (C=O) groups is 1. The molecule has 1 aromatic carbocycles. The lowest BCUT2D eigenvalue weighted by Crippen LogP contribution is -2.41. The maximum Gasteiger partial charge on any atom is 0.227 e. The van der Waals surface area contributed by atoms with Crippen molar-refractivity contribution in [3.63, 3.8) is 0 Å². The van der Waals surface area contributed by atoms with Gasteiger partial charge in [0, 0.05) is 50.8 Å². The minimum absolute atomic E-state index is 0.0294. The average Bonchev–Trinajstić information content (AvgIpc) is 3.06. The number of hydrogen-bond donors (Lipinski definition) is 1. The molecule has 2 atom stereocenters. The van der Waals surface area contributed by atoms with Crippen LogP contribution < -0.4 is 0 Å². The van der Waals surface area contributed by atoms with Crippen LogP contribution in [0.2, 0.25) is 0 Å². The van der Waals surface area contributed by atoms with Gasteiger partial charge in [-0.1, -0.05) is 6.07 Å². The molecule has 1 aromatic rings. The highest BCUT2D eigenvalue weighted by Gasteiger charge is 2.36. The third kappa shape index (κ3) is 4.19. The van der Waals surface area contributed by atoms with E-state index >= 15 is 0 Å². The van der Waals surface area contributed by atoms with Gasteiger partial charge in [0.05, 0.1) is 19.6 Å². The molecule has 8 heteroatoms. The molecule has 0 spiro atoms. The number of halogens is 3. The van der Waals surface area contributed by atoms with E-state index < -0.39 is 17.5 Å². The summed E-state index contributed by atoms with van der Waals surface area (Å²) in [5.74, 6) is -4.42. The van der Waals surface area contributed by atoms with E-state index in [-0.39, 0.29) is 36.3 Å². The third-order valence-corrected chi connectivity index (χ3v) is 5.22. The fourth-order valence-corrected chi connectivity index (χ4v) is 3.65. The predicted octanol–water partition coefficient (Wildman–Crippen LogP) is 1.05. The molecule has 2 aliphatic rings. The van der Waals surface area contributed by atoms with E-state index in [0.29, 0.717) is 26.3 Å². The van der Waals surface area contributed by atoms with Crippen LogP contribution in [-0.2, 0) is 16.0 Å². The number of hydrogen-bond acceptors (Lipinski definition) is 4. The minimum Gasteiger partial charge on any atom is -0.396 e. The van der Waals surface area contributed by atoms with Crippen molar-refractivity contribution in [2.75, 3.05) is 52.5 Å². The number of rotatable bonds is 5. The molecule has 3 rings (SSSR count). The van der Waals surface area contributed by atoms with Crippen molar-refractivity contribution in [2.45, 2.75) is 6.42 Å². The number of morpholine rings is 1. The molecular formula is C18H23F3N2O3. The third-order valence-electron chi connectivity index (χ3n) is 5.22. The van der Waals surface area contributed by atoms with Gasteiger partial charge in [-0.05, 0) is 12.0 Å². The number of likely N-dealkylation sites (tertiary alicyclic amines) is 1. The Bertz CT molecular complexity index is 653. The summed E-state index contributed by atoms with van der Waals surface area (Å²) in [4.78, 5) is 16.3. The van der Waals surface area contributed by atoms with Crippen LogP contribution in [0.25, 0.3) is 0 Å². The Hall–Kier alpha value is -1.64. The molecule has 144 valence electrons. The molecule has 0 radical (unpaired) electrons. The maximum absolute atomic E-state index is 13.8. The van der Waals surface area contributed by atoms with Gasteiger partial charge in [0.2, 0.25) is 5.91 Å². The van der Waals surface area contributed by atoms with E-state index in [0.717, 1.165) is 31.8 Å². The molecule has 0 saturated carbocycles. The van der Waals surface area contributed by atoms with Crippen molar-refractivity contribution < 1.29 is 27.8 Å². The van der Waals surface area contributed by atoms with Gasteiger partial charge in [-0.25, -0.2) is 13.2 Å². The average molecular weight is 372 g/mol. The van der Waals surface area contributed by atoms with Crippen molar-refractivity contribution in [3.05, 3.63) is 35.1 Å². The molecule has 2 fully saturated rings. The predicted molar refractivity (Wildman–Crippen MR) is 87.9 cm³/mol. The van der Waals surface area contributed by atoms with E-state index in [1.54, 1.807) is 4.90 Å². The summed E-state index contributed by atoms with van der Waals surface area (Å²) in [5.41, 5.74) is -0.161. The monoisotopic (exact) mass is 372 g/mol. The highest BCUT2D eigenvalue weighted by molar-refractivity contribution is 5.79. The summed E-state index contributed by atoms with van der Waals surface area (Å²) in [6, 6.07) is 1.92. The van der Waals surface area contributed by atoms with Crippen LogP contribution >= 0.6 is 0 Å². The van der Waals surface area contributed by atoms with Gasteiger partial charge in [-0.2, -0.15) is 0 Å². The van der Waals surface area contributed by atoms with Gasteiger partial charge in [0.1, 0.15) is 0 Å². The van der Waals surface area contributed by atoms with Crippen LogP contribution in [-0.4, -0.2) is 73.4 Å². The Morgan fingerprint density at radius 3 is 2.50 bits per heavy atom. The Balaban J connectivity index is 1.62. The Morgan fingerprint density at radius 1 is 1.12 bits per heavy atom. The first kappa shape index (κ1) is 19.1. The SMILES string of the molecule is O=C(Cc1ccc(F)c(F)c1F)N1C[C@@H](CO)[C@@H](CN2CCOCC2)C1. The number of aliphatic hydroxyl groups is 1. The molecule has 0 unspecified atom stereocenters. The fraction of sp³-hybridized carbons (Fsp3) is 0.611. The van der Waals surface area contributed by atoms with E-state index in [1.807, 2.05) is 0 Å². The van der Waals surface area contributed by atoms with Crippen molar-refractivity contribution in [1.82, 2.24) is 9.80 Å². The highest BCUT2D eigenvalue weighted by Crippen LogP contribution is 2.26. The largest absolute Gasteiger partial charge is 0.396 e.